The van der Waals surface area contributed by atoms with Gasteiger partial charge in [-0.05, 0) is 5.56 Å². The van der Waals surface area contributed by atoms with E-state index in [1.807, 2.05) is 30.3 Å². The molecule has 0 saturated carbocycles. The first kappa shape index (κ1) is 15.4. The van der Waals surface area contributed by atoms with E-state index in [9.17, 15) is 15.3 Å². The Hall–Kier alpha value is -1.02. The van der Waals surface area contributed by atoms with Gasteiger partial charge >= 0.3 is 0 Å². The number of hydrogen-bond donors (Lipinski definition) is 3. The van der Waals surface area contributed by atoms with Gasteiger partial charge in [-0.15, -0.1) is 0 Å². The smallest absolute Gasteiger partial charge is 0.186 e. The van der Waals surface area contributed by atoms with Crippen LogP contribution in [0.3, 0.4) is 0 Å². The van der Waals surface area contributed by atoms with Crippen LogP contribution >= 0.6 is 0 Å². The van der Waals surface area contributed by atoms with Crippen molar-refractivity contribution in [2.75, 3.05) is 13.7 Å². The normalized spacial score (nSPS) is 34.1. The molecule has 0 aliphatic carbocycles. The minimum atomic E-state index is -1.32. The highest BCUT2D eigenvalue weighted by molar-refractivity contribution is 5.13. The minimum absolute atomic E-state index is 0.0969. The fourth-order valence-electron chi connectivity index (χ4n) is 2.12. The van der Waals surface area contributed by atoms with Gasteiger partial charge in [0, 0.05) is 7.11 Å². The van der Waals surface area contributed by atoms with Crippen LogP contribution in [0.2, 0.25) is 0 Å². The summed E-state index contributed by atoms with van der Waals surface area (Å²) in [4.78, 5) is 0. The van der Waals surface area contributed by atoms with E-state index < -0.39 is 30.7 Å². The molecule has 2 rings (SSSR count). The van der Waals surface area contributed by atoms with Crippen LogP contribution in [-0.2, 0) is 20.8 Å². The molecule has 6 heteroatoms. The monoisotopic (exact) mass is 284 g/mol. The second-order valence-electron chi connectivity index (χ2n) is 4.75. The highest BCUT2D eigenvalue weighted by Crippen LogP contribution is 2.22. The van der Waals surface area contributed by atoms with Crippen molar-refractivity contribution >= 4 is 0 Å². The summed E-state index contributed by atoms with van der Waals surface area (Å²) in [5.41, 5.74) is 1.00. The molecule has 0 spiro atoms. The van der Waals surface area contributed by atoms with E-state index in [4.69, 9.17) is 14.2 Å². The van der Waals surface area contributed by atoms with Crippen LogP contribution in [-0.4, -0.2) is 59.7 Å². The van der Waals surface area contributed by atoms with Crippen LogP contribution < -0.4 is 0 Å². The van der Waals surface area contributed by atoms with Gasteiger partial charge in [0.25, 0.3) is 0 Å². The lowest BCUT2D eigenvalue weighted by atomic mass is 9.99. The van der Waals surface area contributed by atoms with Gasteiger partial charge in [-0.2, -0.15) is 0 Å². The van der Waals surface area contributed by atoms with E-state index >= 15 is 0 Å². The maximum atomic E-state index is 9.85. The molecular formula is C14H20O6. The van der Waals surface area contributed by atoms with Gasteiger partial charge in [0.05, 0.1) is 13.2 Å². The third-order valence-corrected chi connectivity index (χ3v) is 3.29. The number of methoxy groups -OCH3 is 1. The molecule has 1 aromatic rings. The molecule has 0 radical (unpaired) electrons. The van der Waals surface area contributed by atoms with Gasteiger partial charge in [-0.1, -0.05) is 30.3 Å². The molecule has 0 amide bonds. The summed E-state index contributed by atoms with van der Waals surface area (Å²) in [6, 6.07) is 9.58. The molecule has 1 saturated heterocycles. The molecule has 3 N–H and O–H groups in total. The van der Waals surface area contributed by atoms with Crippen LogP contribution in [0.25, 0.3) is 0 Å². The summed E-state index contributed by atoms with van der Waals surface area (Å²) >= 11 is 0. The number of rotatable bonds is 5. The van der Waals surface area contributed by atoms with E-state index in [0.717, 1.165) is 5.56 Å². The highest BCUT2D eigenvalue weighted by Gasteiger charge is 2.43. The van der Waals surface area contributed by atoms with E-state index in [1.165, 1.54) is 7.11 Å². The van der Waals surface area contributed by atoms with Crippen molar-refractivity contribution < 1.29 is 29.5 Å². The summed E-state index contributed by atoms with van der Waals surface area (Å²) < 4.78 is 15.8. The summed E-state index contributed by atoms with van der Waals surface area (Å²) in [5, 5.41) is 29.2. The van der Waals surface area contributed by atoms with Gasteiger partial charge in [-0.25, -0.2) is 0 Å². The Morgan fingerprint density at radius 3 is 2.40 bits per heavy atom. The third-order valence-electron chi connectivity index (χ3n) is 3.29. The fraction of sp³-hybridized carbons (Fsp3) is 0.571. The van der Waals surface area contributed by atoms with Crippen LogP contribution in [0.1, 0.15) is 5.56 Å². The Labute approximate surface area is 117 Å². The average Bonchev–Trinajstić information content (AvgIpc) is 2.48. The van der Waals surface area contributed by atoms with Crippen molar-refractivity contribution in [1.82, 2.24) is 0 Å². The lowest BCUT2D eigenvalue weighted by molar-refractivity contribution is -0.296. The van der Waals surface area contributed by atoms with Gasteiger partial charge in [0.15, 0.2) is 6.29 Å². The van der Waals surface area contributed by atoms with Crippen LogP contribution in [0.15, 0.2) is 30.3 Å². The van der Waals surface area contributed by atoms with Crippen molar-refractivity contribution in [3.05, 3.63) is 35.9 Å². The molecule has 1 aliphatic rings. The van der Waals surface area contributed by atoms with Crippen LogP contribution in [0.5, 0.6) is 0 Å². The Bertz CT molecular complexity index is 396. The summed E-state index contributed by atoms with van der Waals surface area (Å²) in [6.45, 7) is 0.476. The lowest BCUT2D eigenvalue weighted by Gasteiger charge is -2.39. The zero-order valence-electron chi connectivity index (χ0n) is 11.3. The second kappa shape index (κ2) is 7.12. The molecule has 1 fully saturated rings. The van der Waals surface area contributed by atoms with Gasteiger partial charge in [-0.3, -0.25) is 0 Å². The molecule has 20 heavy (non-hydrogen) atoms. The predicted octanol–water partition coefficient (Wildman–Crippen LogP) is -0.343. The maximum absolute atomic E-state index is 9.85. The molecular weight excluding hydrogens is 264 g/mol. The maximum Gasteiger partial charge on any atom is 0.186 e. The highest BCUT2D eigenvalue weighted by atomic mass is 16.7. The van der Waals surface area contributed by atoms with Gasteiger partial charge in [0.2, 0.25) is 0 Å². The van der Waals surface area contributed by atoms with Crippen molar-refractivity contribution in [2.24, 2.45) is 0 Å². The van der Waals surface area contributed by atoms with Crippen molar-refractivity contribution in [3.63, 3.8) is 0 Å². The van der Waals surface area contributed by atoms with E-state index in [2.05, 4.69) is 0 Å². The molecule has 1 aromatic carbocycles. The fourth-order valence-corrected chi connectivity index (χ4v) is 2.12. The van der Waals surface area contributed by atoms with Crippen molar-refractivity contribution in [3.8, 4) is 0 Å². The Morgan fingerprint density at radius 2 is 1.75 bits per heavy atom. The summed E-state index contributed by atoms with van der Waals surface area (Å²) in [5.74, 6) is 0. The molecule has 0 aromatic heterocycles. The molecule has 1 aliphatic heterocycles. The number of aliphatic hydroxyl groups excluding tert-OH is 3. The minimum Gasteiger partial charge on any atom is -0.387 e. The largest absolute Gasteiger partial charge is 0.387 e. The quantitative estimate of drug-likeness (QED) is 0.685. The Morgan fingerprint density at radius 1 is 1.05 bits per heavy atom. The zero-order chi connectivity index (χ0) is 14.5. The predicted molar refractivity (Wildman–Crippen MR) is 69.8 cm³/mol. The van der Waals surface area contributed by atoms with E-state index in [-0.39, 0.29) is 6.61 Å². The van der Waals surface area contributed by atoms with Crippen LogP contribution in [0.4, 0.5) is 0 Å². The Kier molecular flexibility index (Phi) is 5.47. The SMILES string of the molecule is CO[C@H]1O[C@H](COCc2ccccc2)[C@H](O)[C@H](O)[C@H]1O. The molecule has 5 atom stereocenters. The third kappa shape index (κ3) is 3.54. The topological polar surface area (TPSA) is 88.4 Å². The first-order valence-electron chi connectivity index (χ1n) is 6.47. The first-order valence-corrected chi connectivity index (χ1v) is 6.47. The summed E-state index contributed by atoms with van der Waals surface area (Å²) in [7, 11) is 1.36. The van der Waals surface area contributed by atoms with Gasteiger partial charge in [0.1, 0.15) is 24.4 Å². The molecule has 1 heterocycles. The van der Waals surface area contributed by atoms with Crippen molar-refractivity contribution in [2.45, 2.75) is 37.3 Å². The van der Waals surface area contributed by atoms with E-state index in [0.29, 0.717) is 6.61 Å². The van der Waals surface area contributed by atoms with Crippen LogP contribution in [0, 0.1) is 0 Å². The standard InChI is InChI=1S/C14H20O6/c1-18-14-13(17)12(16)11(15)10(20-14)8-19-7-9-5-3-2-4-6-9/h2-6,10-17H,7-8H2,1H3/t10-,11+,12+,13-,14+/m1/s1. The number of aliphatic hydroxyl groups is 3. The molecule has 0 bridgehead atoms. The zero-order valence-corrected chi connectivity index (χ0v) is 11.3. The number of ether oxygens (including phenoxy) is 3. The number of hydrogen-bond acceptors (Lipinski definition) is 6. The molecule has 112 valence electrons. The first-order chi connectivity index (χ1) is 9.63. The number of benzene rings is 1. The molecule has 6 nitrogen and oxygen atoms in total. The second-order valence-corrected chi connectivity index (χ2v) is 4.75. The summed E-state index contributed by atoms with van der Waals surface area (Å²) in [6.07, 6.45) is -5.53. The van der Waals surface area contributed by atoms with Crippen molar-refractivity contribution in [1.29, 1.82) is 0 Å². The Balaban J connectivity index is 1.85. The molecule has 0 unspecified atom stereocenters. The van der Waals surface area contributed by atoms with E-state index in [1.54, 1.807) is 0 Å². The van der Waals surface area contributed by atoms with Gasteiger partial charge < -0.3 is 29.5 Å². The average molecular weight is 284 g/mol. The lowest BCUT2D eigenvalue weighted by Crippen LogP contribution is -2.59.